The molecule has 0 spiro atoms. The van der Waals surface area contributed by atoms with Crippen LogP contribution in [0, 0.1) is 0 Å². The number of thiophene rings is 1. The minimum Gasteiger partial charge on any atom is -0.469 e. The summed E-state index contributed by atoms with van der Waals surface area (Å²) in [5.41, 5.74) is 0. The van der Waals surface area contributed by atoms with Crippen LogP contribution in [0.2, 0.25) is 0 Å². The van der Waals surface area contributed by atoms with Crippen LogP contribution in [-0.2, 0) is 17.8 Å². The minimum absolute atomic E-state index is 0.238. The number of hydrogen-bond acceptors (Lipinski definition) is 4. The standard InChI is InChI=1S/C16H20N2O2S/c19-16(6-5-14-3-1-11-20-14)18-9-7-17(8-10-18)13-15-4-2-12-21-15/h1-4,11-12H,5-10,13H2. The summed E-state index contributed by atoms with van der Waals surface area (Å²) in [6.07, 6.45) is 2.89. The van der Waals surface area contributed by atoms with E-state index in [4.69, 9.17) is 4.42 Å². The van der Waals surface area contributed by atoms with E-state index in [1.165, 1.54) is 4.88 Å². The van der Waals surface area contributed by atoms with Gasteiger partial charge in [0.25, 0.3) is 0 Å². The monoisotopic (exact) mass is 304 g/mol. The van der Waals surface area contributed by atoms with Crippen LogP contribution in [0.15, 0.2) is 40.3 Å². The lowest BCUT2D eigenvalue weighted by atomic mass is 10.2. The third-order valence-corrected chi connectivity index (χ3v) is 4.71. The van der Waals surface area contributed by atoms with Gasteiger partial charge in [-0.25, -0.2) is 0 Å². The molecule has 112 valence electrons. The Morgan fingerprint density at radius 3 is 2.71 bits per heavy atom. The van der Waals surface area contributed by atoms with E-state index < -0.39 is 0 Å². The molecule has 3 rings (SSSR count). The van der Waals surface area contributed by atoms with Crippen LogP contribution in [0.5, 0.6) is 0 Å². The third kappa shape index (κ3) is 3.95. The zero-order valence-electron chi connectivity index (χ0n) is 12.0. The minimum atomic E-state index is 0.238. The number of carbonyl (C=O) groups excluding carboxylic acids is 1. The molecule has 0 atom stereocenters. The van der Waals surface area contributed by atoms with E-state index >= 15 is 0 Å². The first-order valence-corrected chi connectivity index (χ1v) is 8.24. The molecule has 2 aromatic rings. The molecule has 1 aliphatic rings. The fourth-order valence-corrected chi connectivity index (χ4v) is 3.37. The molecule has 5 heteroatoms. The van der Waals surface area contributed by atoms with Gasteiger partial charge in [-0.15, -0.1) is 11.3 Å². The van der Waals surface area contributed by atoms with Gasteiger partial charge in [0.2, 0.25) is 5.91 Å². The molecular weight excluding hydrogens is 284 g/mol. The number of carbonyl (C=O) groups is 1. The van der Waals surface area contributed by atoms with Crippen molar-refractivity contribution in [2.24, 2.45) is 0 Å². The van der Waals surface area contributed by atoms with Gasteiger partial charge < -0.3 is 9.32 Å². The van der Waals surface area contributed by atoms with Crippen LogP contribution in [0.4, 0.5) is 0 Å². The molecule has 0 unspecified atom stereocenters. The van der Waals surface area contributed by atoms with Gasteiger partial charge in [-0.3, -0.25) is 9.69 Å². The highest BCUT2D eigenvalue weighted by molar-refractivity contribution is 7.09. The van der Waals surface area contributed by atoms with Crippen molar-refractivity contribution < 1.29 is 9.21 Å². The third-order valence-electron chi connectivity index (χ3n) is 3.85. The van der Waals surface area contributed by atoms with Gasteiger partial charge in [0.15, 0.2) is 0 Å². The summed E-state index contributed by atoms with van der Waals surface area (Å²) in [6, 6.07) is 8.05. The van der Waals surface area contributed by atoms with E-state index in [1.54, 1.807) is 17.6 Å². The summed E-state index contributed by atoms with van der Waals surface area (Å²) in [5, 5.41) is 2.11. The second kappa shape index (κ2) is 6.91. The maximum Gasteiger partial charge on any atom is 0.223 e. The lowest BCUT2D eigenvalue weighted by Gasteiger charge is -2.34. The first-order valence-electron chi connectivity index (χ1n) is 7.36. The first kappa shape index (κ1) is 14.4. The van der Waals surface area contributed by atoms with Gasteiger partial charge in [0.1, 0.15) is 5.76 Å². The number of rotatable bonds is 5. The van der Waals surface area contributed by atoms with E-state index in [9.17, 15) is 4.79 Å². The van der Waals surface area contributed by atoms with Crippen LogP contribution in [-0.4, -0.2) is 41.9 Å². The van der Waals surface area contributed by atoms with Crippen molar-refractivity contribution in [2.75, 3.05) is 26.2 Å². The number of piperazine rings is 1. The number of amides is 1. The largest absolute Gasteiger partial charge is 0.469 e. The van der Waals surface area contributed by atoms with Crippen molar-refractivity contribution >= 4 is 17.2 Å². The van der Waals surface area contributed by atoms with Gasteiger partial charge in [-0.2, -0.15) is 0 Å². The zero-order chi connectivity index (χ0) is 14.5. The van der Waals surface area contributed by atoms with Crippen molar-refractivity contribution in [1.82, 2.24) is 9.80 Å². The molecule has 0 bridgehead atoms. The fraction of sp³-hybridized carbons (Fsp3) is 0.438. The van der Waals surface area contributed by atoms with Crippen molar-refractivity contribution in [3.63, 3.8) is 0 Å². The Morgan fingerprint density at radius 2 is 2.05 bits per heavy atom. The Hall–Kier alpha value is -1.59. The van der Waals surface area contributed by atoms with E-state index in [1.807, 2.05) is 17.0 Å². The number of nitrogens with zero attached hydrogens (tertiary/aromatic N) is 2. The molecular formula is C16H20N2O2S. The van der Waals surface area contributed by atoms with Crippen molar-refractivity contribution in [2.45, 2.75) is 19.4 Å². The van der Waals surface area contributed by atoms with Crippen LogP contribution in [0.3, 0.4) is 0 Å². The van der Waals surface area contributed by atoms with Crippen LogP contribution in [0.1, 0.15) is 17.1 Å². The highest BCUT2D eigenvalue weighted by Crippen LogP contribution is 2.14. The summed E-state index contributed by atoms with van der Waals surface area (Å²) >= 11 is 1.80. The average Bonchev–Trinajstić information content (AvgIpc) is 3.19. The lowest BCUT2D eigenvalue weighted by Crippen LogP contribution is -2.48. The van der Waals surface area contributed by atoms with Gasteiger partial charge in [0.05, 0.1) is 6.26 Å². The molecule has 4 nitrogen and oxygen atoms in total. The summed E-state index contributed by atoms with van der Waals surface area (Å²) in [5.74, 6) is 1.13. The van der Waals surface area contributed by atoms with Gasteiger partial charge in [-0.05, 0) is 23.6 Å². The SMILES string of the molecule is O=C(CCc1ccco1)N1CCN(Cc2cccs2)CC1. The smallest absolute Gasteiger partial charge is 0.223 e. The Kier molecular flexibility index (Phi) is 4.72. The normalized spacial score (nSPS) is 16.3. The Balaban J connectivity index is 1.41. The lowest BCUT2D eigenvalue weighted by molar-refractivity contribution is -0.133. The molecule has 0 radical (unpaired) electrons. The predicted octanol–water partition coefficient (Wildman–Crippen LogP) is 2.62. The zero-order valence-corrected chi connectivity index (χ0v) is 12.8. The quantitative estimate of drug-likeness (QED) is 0.852. The average molecular weight is 304 g/mol. The van der Waals surface area contributed by atoms with E-state index in [0.29, 0.717) is 12.8 Å². The number of furan rings is 1. The van der Waals surface area contributed by atoms with E-state index in [0.717, 1.165) is 38.5 Å². The highest BCUT2D eigenvalue weighted by atomic mass is 32.1. The van der Waals surface area contributed by atoms with Crippen molar-refractivity contribution in [3.05, 3.63) is 46.5 Å². The van der Waals surface area contributed by atoms with Gasteiger partial charge in [-0.1, -0.05) is 6.07 Å². The molecule has 0 N–H and O–H groups in total. The fourth-order valence-electron chi connectivity index (χ4n) is 2.62. The van der Waals surface area contributed by atoms with Crippen LogP contribution >= 0.6 is 11.3 Å². The molecule has 0 saturated carbocycles. The maximum atomic E-state index is 12.2. The molecule has 21 heavy (non-hydrogen) atoms. The molecule has 1 fully saturated rings. The highest BCUT2D eigenvalue weighted by Gasteiger charge is 2.21. The van der Waals surface area contributed by atoms with Gasteiger partial charge >= 0.3 is 0 Å². The van der Waals surface area contributed by atoms with Gasteiger partial charge in [0, 0.05) is 50.4 Å². The van der Waals surface area contributed by atoms with Crippen LogP contribution in [0.25, 0.3) is 0 Å². The predicted molar refractivity (Wildman–Crippen MR) is 83.2 cm³/mol. The maximum absolute atomic E-state index is 12.2. The summed E-state index contributed by atoms with van der Waals surface area (Å²) < 4.78 is 5.27. The number of hydrogen-bond donors (Lipinski definition) is 0. The summed E-state index contributed by atoms with van der Waals surface area (Å²) in [6.45, 7) is 4.60. The Labute approximate surface area is 129 Å². The molecule has 2 aromatic heterocycles. The summed E-state index contributed by atoms with van der Waals surface area (Å²) in [7, 11) is 0. The second-order valence-electron chi connectivity index (χ2n) is 5.32. The molecule has 0 aromatic carbocycles. The van der Waals surface area contributed by atoms with Crippen molar-refractivity contribution in [1.29, 1.82) is 0 Å². The molecule has 1 aliphatic heterocycles. The van der Waals surface area contributed by atoms with Crippen LogP contribution < -0.4 is 0 Å². The van der Waals surface area contributed by atoms with E-state index in [-0.39, 0.29) is 5.91 Å². The Morgan fingerprint density at radius 1 is 1.19 bits per heavy atom. The molecule has 0 aliphatic carbocycles. The molecule has 1 amide bonds. The Bertz CT molecular complexity index is 543. The van der Waals surface area contributed by atoms with E-state index in [2.05, 4.69) is 22.4 Å². The molecule has 3 heterocycles. The summed E-state index contributed by atoms with van der Waals surface area (Å²) in [4.78, 5) is 18.0. The second-order valence-corrected chi connectivity index (χ2v) is 6.35. The topological polar surface area (TPSA) is 36.7 Å². The van der Waals surface area contributed by atoms with Crippen molar-refractivity contribution in [3.8, 4) is 0 Å². The number of aryl methyl sites for hydroxylation is 1. The first-order chi connectivity index (χ1) is 10.3. The molecule has 1 saturated heterocycles.